The summed E-state index contributed by atoms with van der Waals surface area (Å²) in [6.07, 6.45) is 1.52. The molecule has 0 spiro atoms. The molecule has 20 heavy (non-hydrogen) atoms. The van der Waals surface area contributed by atoms with Gasteiger partial charge in [-0.25, -0.2) is 4.98 Å². The van der Waals surface area contributed by atoms with Crippen LogP contribution in [0.25, 0.3) is 0 Å². The molecule has 0 amide bonds. The van der Waals surface area contributed by atoms with Gasteiger partial charge in [0.1, 0.15) is 0 Å². The molecule has 3 N–H and O–H groups in total. The Kier molecular flexibility index (Phi) is 4.19. The van der Waals surface area contributed by atoms with E-state index in [0.29, 0.717) is 10.2 Å². The maximum Gasteiger partial charge on any atom is 0.312 e. The van der Waals surface area contributed by atoms with Crippen LogP contribution in [-0.4, -0.2) is 9.91 Å². The number of pyridine rings is 1. The van der Waals surface area contributed by atoms with E-state index in [0.717, 1.165) is 5.56 Å². The van der Waals surface area contributed by atoms with Crippen molar-refractivity contribution >= 4 is 33.1 Å². The number of nitrogens with zero attached hydrogens (tertiary/aromatic N) is 2. The van der Waals surface area contributed by atoms with Crippen molar-refractivity contribution in [2.45, 2.75) is 13.0 Å². The standard InChI is InChI=1S/C13H13BrN4O2/c1-8(9-2-4-11(15)5-3-9)17-13-12(18(19)20)6-10(14)7-16-13/h2-8H,15H2,1H3,(H,16,17). The summed E-state index contributed by atoms with van der Waals surface area (Å²) in [5.41, 5.74) is 7.21. The summed E-state index contributed by atoms with van der Waals surface area (Å²) in [5, 5.41) is 14.1. The van der Waals surface area contributed by atoms with Gasteiger partial charge in [-0.1, -0.05) is 12.1 Å². The molecule has 1 heterocycles. The van der Waals surface area contributed by atoms with Crippen LogP contribution in [0.15, 0.2) is 41.0 Å². The third-order valence-corrected chi connectivity index (χ3v) is 3.25. The average molecular weight is 337 g/mol. The van der Waals surface area contributed by atoms with Gasteiger partial charge in [-0.05, 0) is 40.5 Å². The number of nitrogen functional groups attached to an aromatic ring is 1. The van der Waals surface area contributed by atoms with E-state index in [1.165, 1.54) is 12.3 Å². The van der Waals surface area contributed by atoms with Crippen LogP contribution in [0.2, 0.25) is 0 Å². The Morgan fingerprint density at radius 1 is 1.40 bits per heavy atom. The first-order valence-electron chi connectivity index (χ1n) is 5.89. The molecule has 0 bridgehead atoms. The van der Waals surface area contributed by atoms with Crippen molar-refractivity contribution in [1.82, 2.24) is 4.98 Å². The highest BCUT2D eigenvalue weighted by molar-refractivity contribution is 9.10. The SMILES string of the molecule is CC(Nc1ncc(Br)cc1[N+](=O)[O-])c1ccc(N)cc1. The van der Waals surface area contributed by atoms with E-state index in [2.05, 4.69) is 26.2 Å². The van der Waals surface area contributed by atoms with Crippen LogP contribution >= 0.6 is 15.9 Å². The van der Waals surface area contributed by atoms with Gasteiger partial charge in [0.25, 0.3) is 0 Å². The van der Waals surface area contributed by atoms with Crippen molar-refractivity contribution in [3.05, 3.63) is 56.7 Å². The first-order chi connectivity index (χ1) is 9.47. The van der Waals surface area contributed by atoms with Crippen LogP contribution < -0.4 is 11.1 Å². The molecule has 0 aliphatic rings. The maximum absolute atomic E-state index is 11.0. The molecule has 0 fully saturated rings. The molecule has 2 aromatic rings. The molecular formula is C13H13BrN4O2. The highest BCUT2D eigenvalue weighted by atomic mass is 79.9. The number of hydrogen-bond acceptors (Lipinski definition) is 5. The normalized spacial score (nSPS) is 11.9. The minimum Gasteiger partial charge on any atom is -0.399 e. The topological polar surface area (TPSA) is 94.1 Å². The number of anilines is 2. The third-order valence-electron chi connectivity index (χ3n) is 2.82. The highest BCUT2D eigenvalue weighted by Crippen LogP contribution is 2.28. The summed E-state index contributed by atoms with van der Waals surface area (Å²) in [6.45, 7) is 1.90. The molecule has 1 atom stereocenters. The number of nitro groups is 1. The van der Waals surface area contributed by atoms with Crippen molar-refractivity contribution in [3.63, 3.8) is 0 Å². The Hall–Kier alpha value is -2.15. The van der Waals surface area contributed by atoms with Crippen molar-refractivity contribution < 1.29 is 4.92 Å². The monoisotopic (exact) mass is 336 g/mol. The number of benzene rings is 1. The van der Waals surface area contributed by atoms with E-state index < -0.39 is 4.92 Å². The maximum atomic E-state index is 11.0. The Labute approximate surface area is 124 Å². The second-order valence-corrected chi connectivity index (χ2v) is 5.23. The van der Waals surface area contributed by atoms with E-state index in [1.54, 1.807) is 12.1 Å². The van der Waals surface area contributed by atoms with Crippen molar-refractivity contribution in [1.29, 1.82) is 0 Å². The van der Waals surface area contributed by atoms with Crippen LogP contribution in [0.5, 0.6) is 0 Å². The molecule has 0 aliphatic carbocycles. The van der Waals surface area contributed by atoms with Gasteiger partial charge in [0.05, 0.1) is 11.0 Å². The fourth-order valence-electron chi connectivity index (χ4n) is 1.75. The van der Waals surface area contributed by atoms with Gasteiger partial charge in [0, 0.05) is 22.4 Å². The van der Waals surface area contributed by atoms with Gasteiger partial charge in [0.15, 0.2) is 0 Å². The predicted molar refractivity (Wildman–Crippen MR) is 81.5 cm³/mol. The Bertz CT molecular complexity index is 631. The Morgan fingerprint density at radius 2 is 2.05 bits per heavy atom. The Balaban J connectivity index is 2.25. The van der Waals surface area contributed by atoms with Crippen molar-refractivity contribution in [3.8, 4) is 0 Å². The smallest absolute Gasteiger partial charge is 0.312 e. The quantitative estimate of drug-likeness (QED) is 0.506. The molecule has 1 aromatic heterocycles. The molecular weight excluding hydrogens is 324 g/mol. The van der Waals surface area contributed by atoms with Gasteiger partial charge >= 0.3 is 5.69 Å². The molecule has 0 saturated carbocycles. The van der Waals surface area contributed by atoms with Gasteiger partial charge in [0.2, 0.25) is 5.82 Å². The zero-order valence-corrected chi connectivity index (χ0v) is 12.3. The summed E-state index contributed by atoms with van der Waals surface area (Å²) in [5.74, 6) is 0.238. The lowest BCUT2D eigenvalue weighted by atomic mass is 10.1. The number of hydrogen-bond donors (Lipinski definition) is 2. The van der Waals surface area contributed by atoms with Crippen LogP contribution in [0.3, 0.4) is 0 Å². The number of aromatic nitrogens is 1. The van der Waals surface area contributed by atoms with Crippen LogP contribution in [-0.2, 0) is 0 Å². The van der Waals surface area contributed by atoms with Crippen molar-refractivity contribution in [2.75, 3.05) is 11.1 Å². The summed E-state index contributed by atoms with van der Waals surface area (Å²) in [7, 11) is 0. The molecule has 0 aliphatic heterocycles. The lowest BCUT2D eigenvalue weighted by molar-refractivity contribution is -0.384. The minimum atomic E-state index is -0.463. The fraction of sp³-hybridized carbons (Fsp3) is 0.154. The zero-order chi connectivity index (χ0) is 14.7. The van der Waals surface area contributed by atoms with E-state index in [9.17, 15) is 10.1 Å². The van der Waals surface area contributed by atoms with E-state index in [4.69, 9.17) is 5.73 Å². The molecule has 2 rings (SSSR count). The average Bonchev–Trinajstić information content (AvgIpc) is 2.41. The van der Waals surface area contributed by atoms with Gasteiger partial charge in [-0.2, -0.15) is 0 Å². The summed E-state index contributed by atoms with van der Waals surface area (Å²) in [6, 6.07) is 8.62. The lowest BCUT2D eigenvalue weighted by Crippen LogP contribution is -2.10. The van der Waals surface area contributed by atoms with Crippen LogP contribution in [0.1, 0.15) is 18.5 Å². The molecule has 7 heteroatoms. The van der Waals surface area contributed by atoms with Crippen LogP contribution in [0.4, 0.5) is 17.2 Å². The Morgan fingerprint density at radius 3 is 2.65 bits per heavy atom. The molecule has 0 radical (unpaired) electrons. The predicted octanol–water partition coefficient (Wildman–Crippen LogP) is 3.51. The van der Waals surface area contributed by atoms with E-state index in [1.807, 2.05) is 19.1 Å². The van der Waals surface area contributed by atoms with Gasteiger partial charge in [-0.15, -0.1) is 0 Å². The van der Waals surface area contributed by atoms with E-state index >= 15 is 0 Å². The van der Waals surface area contributed by atoms with Gasteiger partial charge < -0.3 is 11.1 Å². The first-order valence-corrected chi connectivity index (χ1v) is 6.68. The zero-order valence-electron chi connectivity index (χ0n) is 10.7. The fourth-order valence-corrected chi connectivity index (χ4v) is 2.07. The summed E-state index contributed by atoms with van der Waals surface area (Å²) in [4.78, 5) is 14.6. The molecule has 1 aromatic carbocycles. The first kappa shape index (κ1) is 14.3. The number of rotatable bonds is 4. The summed E-state index contributed by atoms with van der Waals surface area (Å²) < 4.78 is 0.565. The minimum absolute atomic E-state index is 0.0679. The molecule has 0 saturated heterocycles. The second-order valence-electron chi connectivity index (χ2n) is 4.31. The molecule has 104 valence electrons. The van der Waals surface area contributed by atoms with Gasteiger partial charge in [-0.3, -0.25) is 10.1 Å². The largest absolute Gasteiger partial charge is 0.399 e. The van der Waals surface area contributed by atoms with Crippen molar-refractivity contribution in [2.24, 2.45) is 0 Å². The summed E-state index contributed by atoms with van der Waals surface area (Å²) >= 11 is 3.18. The molecule has 1 unspecified atom stereocenters. The number of nitrogens with one attached hydrogen (secondary N) is 1. The van der Waals surface area contributed by atoms with E-state index in [-0.39, 0.29) is 17.5 Å². The molecule has 6 nitrogen and oxygen atoms in total. The highest BCUT2D eigenvalue weighted by Gasteiger charge is 2.18. The lowest BCUT2D eigenvalue weighted by Gasteiger charge is -2.15. The second kappa shape index (κ2) is 5.87. The number of nitrogens with two attached hydrogens (primary N) is 1. The van der Waals surface area contributed by atoms with Crippen LogP contribution in [0, 0.1) is 10.1 Å². The third kappa shape index (κ3) is 3.24. The number of halogens is 1.